The lowest BCUT2D eigenvalue weighted by Crippen LogP contribution is -2.28. The van der Waals surface area contributed by atoms with Crippen molar-refractivity contribution in [3.8, 4) is 0 Å². The molecule has 1 atom stereocenters. The van der Waals surface area contributed by atoms with E-state index in [1.165, 1.54) is 37.3 Å². The van der Waals surface area contributed by atoms with Gasteiger partial charge in [0.1, 0.15) is 11.9 Å². The zero-order valence-corrected chi connectivity index (χ0v) is 17.7. The normalized spacial score (nSPS) is 16.8. The first-order chi connectivity index (χ1) is 14.5. The monoisotopic (exact) mass is 466 g/mol. The number of hydrogen-bond acceptors (Lipinski definition) is 8. The van der Waals surface area contributed by atoms with Crippen LogP contribution < -0.4 is 15.2 Å². The summed E-state index contributed by atoms with van der Waals surface area (Å²) in [6, 6.07) is 10.2. The number of nitrogens with one attached hydrogen (secondary N) is 2. The van der Waals surface area contributed by atoms with Crippen LogP contribution in [0.2, 0.25) is 0 Å². The van der Waals surface area contributed by atoms with Crippen LogP contribution in [0.25, 0.3) is 0 Å². The Balaban J connectivity index is 1.58. The molecule has 0 aromatic heterocycles. The summed E-state index contributed by atoms with van der Waals surface area (Å²) in [7, 11) is -7.59. The molecule has 164 valence electrons. The molecule has 0 saturated carbocycles. The van der Waals surface area contributed by atoms with Gasteiger partial charge in [-0.15, -0.1) is 0 Å². The molecule has 11 nitrogen and oxygen atoms in total. The van der Waals surface area contributed by atoms with Crippen LogP contribution in [0, 0.1) is 0 Å². The molecule has 0 unspecified atom stereocenters. The van der Waals surface area contributed by atoms with Crippen molar-refractivity contribution in [2.45, 2.75) is 22.8 Å². The summed E-state index contributed by atoms with van der Waals surface area (Å²) in [5.74, 6) is -1.49. The van der Waals surface area contributed by atoms with E-state index < -0.39 is 44.6 Å². The molecule has 1 aliphatic heterocycles. The summed E-state index contributed by atoms with van der Waals surface area (Å²) in [6.07, 6.45) is 0. The number of carbonyl (C=O) groups is 2. The number of aliphatic imine (C=N–C) groups is 1. The molecule has 2 aromatic rings. The number of amidine groups is 1. The van der Waals surface area contributed by atoms with E-state index in [4.69, 9.17) is 9.88 Å². The third-order valence-electron chi connectivity index (χ3n) is 4.14. The summed E-state index contributed by atoms with van der Waals surface area (Å²) >= 11 is 0. The molecule has 1 aliphatic rings. The van der Waals surface area contributed by atoms with Gasteiger partial charge in [0.2, 0.25) is 10.0 Å². The molecule has 0 radical (unpaired) electrons. The van der Waals surface area contributed by atoms with Crippen LogP contribution in [0.5, 0.6) is 0 Å². The fourth-order valence-corrected chi connectivity index (χ4v) is 4.41. The number of benzene rings is 2. The third-order valence-corrected chi connectivity index (χ3v) is 6.47. The lowest BCUT2D eigenvalue weighted by molar-refractivity contribution is -0.148. The first-order valence-corrected chi connectivity index (χ1v) is 11.8. The van der Waals surface area contributed by atoms with Crippen LogP contribution in [0.15, 0.2) is 63.3 Å². The largest absolute Gasteiger partial charge is 0.454 e. The third kappa shape index (κ3) is 5.25. The van der Waals surface area contributed by atoms with Crippen LogP contribution in [0.4, 0.5) is 5.69 Å². The molecular weight excluding hydrogens is 448 g/mol. The zero-order valence-electron chi connectivity index (χ0n) is 16.1. The van der Waals surface area contributed by atoms with E-state index in [0.717, 1.165) is 0 Å². The van der Waals surface area contributed by atoms with Crippen molar-refractivity contribution in [3.05, 3.63) is 54.1 Å². The standard InChI is InChI=1S/C18H18N4O7S2/c1-11(20-17-14-4-2-3-5-15(14)31(27,28)22-17)18(24)29-10-16(23)21-12-6-8-13(9-7-12)30(19,25)26/h2-9,11H,10H2,1H3,(H,20,22)(H,21,23)(H2,19,25,26)/t11-/m0/s1. The van der Waals surface area contributed by atoms with Gasteiger partial charge in [-0.05, 0) is 43.3 Å². The fraction of sp³-hybridized carbons (Fsp3) is 0.167. The minimum atomic E-state index is -3.85. The van der Waals surface area contributed by atoms with Gasteiger partial charge >= 0.3 is 5.97 Å². The van der Waals surface area contributed by atoms with Crippen molar-refractivity contribution in [1.82, 2.24) is 4.72 Å². The highest BCUT2D eigenvalue weighted by Gasteiger charge is 2.31. The van der Waals surface area contributed by atoms with Gasteiger partial charge in [0, 0.05) is 11.3 Å². The second-order valence-electron chi connectivity index (χ2n) is 6.48. The Kier molecular flexibility index (Phi) is 6.10. The quantitative estimate of drug-likeness (QED) is 0.500. The number of hydrogen-bond donors (Lipinski definition) is 3. The number of nitrogens with zero attached hydrogens (tertiary/aromatic N) is 1. The minimum absolute atomic E-state index is 0.0134. The highest BCUT2D eigenvalue weighted by molar-refractivity contribution is 7.90. The smallest absolute Gasteiger partial charge is 0.331 e. The van der Waals surface area contributed by atoms with Gasteiger partial charge in [-0.3, -0.25) is 14.5 Å². The Bertz CT molecular complexity index is 1270. The predicted octanol–water partition coefficient (Wildman–Crippen LogP) is -0.0571. The van der Waals surface area contributed by atoms with Crippen LogP contribution in [0.1, 0.15) is 12.5 Å². The second kappa shape index (κ2) is 8.45. The molecular formula is C18H18N4O7S2. The number of primary sulfonamides is 1. The molecule has 31 heavy (non-hydrogen) atoms. The maximum Gasteiger partial charge on any atom is 0.331 e. The molecule has 3 rings (SSSR count). The Labute approximate surface area is 178 Å². The van der Waals surface area contributed by atoms with Crippen LogP contribution >= 0.6 is 0 Å². The van der Waals surface area contributed by atoms with E-state index in [1.54, 1.807) is 18.2 Å². The lowest BCUT2D eigenvalue weighted by Gasteiger charge is -2.10. The first-order valence-electron chi connectivity index (χ1n) is 8.77. The molecule has 0 bridgehead atoms. The van der Waals surface area contributed by atoms with Crippen molar-refractivity contribution in [1.29, 1.82) is 0 Å². The number of amides is 1. The van der Waals surface area contributed by atoms with Gasteiger partial charge in [-0.25, -0.2) is 26.8 Å². The van der Waals surface area contributed by atoms with Crippen LogP contribution in [-0.4, -0.2) is 47.2 Å². The molecule has 0 fully saturated rings. The van der Waals surface area contributed by atoms with Crippen LogP contribution in [-0.2, 0) is 34.4 Å². The molecule has 0 aliphatic carbocycles. The first kappa shape index (κ1) is 22.4. The van der Waals surface area contributed by atoms with Gasteiger partial charge in [-0.1, -0.05) is 12.1 Å². The van der Waals surface area contributed by atoms with Gasteiger partial charge < -0.3 is 10.1 Å². The van der Waals surface area contributed by atoms with Crippen molar-refractivity contribution in [3.63, 3.8) is 0 Å². The van der Waals surface area contributed by atoms with Crippen molar-refractivity contribution in [2.75, 3.05) is 11.9 Å². The highest BCUT2D eigenvalue weighted by atomic mass is 32.2. The summed E-state index contributed by atoms with van der Waals surface area (Å²) in [6.45, 7) is 0.779. The Hall–Kier alpha value is -3.29. The molecule has 0 spiro atoms. The summed E-state index contributed by atoms with van der Waals surface area (Å²) in [5, 5.41) is 7.43. The SMILES string of the molecule is C[C@H](N=C1NS(=O)(=O)c2ccccc21)C(=O)OCC(=O)Nc1ccc(S(N)(=O)=O)cc1. The number of fused-ring (bicyclic) bond motifs is 1. The number of anilines is 1. The van der Waals surface area contributed by atoms with Crippen molar-refractivity contribution in [2.24, 2.45) is 10.1 Å². The number of carbonyl (C=O) groups excluding carboxylic acids is 2. The lowest BCUT2D eigenvalue weighted by atomic mass is 10.2. The van der Waals surface area contributed by atoms with E-state index in [9.17, 15) is 26.4 Å². The van der Waals surface area contributed by atoms with Crippen molar-refractivity contribution >= 4 is 43.4 Å². The van der Waals surface area contributed by atoms with E-state index in [1.807, 2.05) is 0 Å². The Morgan fingerprint density at radius 2 is 1.81 bits per heavy atom. The molecule has 1 heterocycles. The van der Waals surface area contributed by atoms with E-state index in [2.05, 4.69) is 15.0 Å². The molecule has 4 N–H and O–H groups in total. The molecule has 2 aromatic carbocycles. The average Bonchev–Trinajstić information content (AvgIpc) is 2.96. The van der Waals surface area contributed by atoms with Crippen molar-refractivity contribution < 1.29 is 31.2 Å². The van der Waals surface area contributed by atoms with E-state index in [-0.39, 0.29) is 21.3 Å². The second-order valence-corrected chi connectivity index (χ2v) is 9.69. The van der Waals surface area contributed by atoms with Gasteiger partial charge in [-0.2, -0.15) is 0 Å². The summed E-state index contributed by atoms with van der Waals surface area (Å²) < 4.78 is 53.8. The Morgan fingerprint density at radius 3 is 2.45 bits per heavy atom. The molecule has 1 amide bonds. The van der Waals surface area contributed by atoms with E-state index in [0.29, 0.717) is 5.56 Å². The van der Waals surface area contributed by atoms with Gasteiger partial charge in [0.15, 0.2) is 6.61 Å². The van der Waals surface area contributed by atoms with Crippen LogP contribution in [0.3, 0.4) is 0 Å². The highest BCUT2D eigenvalue weighted by Crippen LogP contribution is 2.22. The predicted molar refractivity (Wildman–Crippen MR) is 110 cm³/mol. The number of esters is 1. The number of sulfonamides is 2. The number of ether oxygens (including phenoxy) is 1. The average molecular weight is 466 g/mol. The van der Waals surface area contributed by atoms with E-state index >= 15 is 0 Å². The number of nitrogens with two attached hydrogens (primary N) is 1. The summed E-state index contributed by atoms with van der Waals surface area (Å²) in [5.41, 5.74) is 0.613. The van der Waals surface area contributed by atoms with Gasteiger partial charge in [0.25, 0.3) is 15.9 Å². The molecule has 0 saturated heterocycles. The zero-order chi connectivity index (χ0) is 22.8. The minimum Gasteiger partial charge on any atom is -0.454 e. The number of rotatable bonds is 6. The fourth-order valence-electron chi connectivity index (χ4n) is 2.66. The topological polar surface area (TPSA) is 174 Å². The maximum absolute atomic E-state index is 12.1. The summed E-state index contributed by atoms with van der Waals surface area (Å²) in [4.78, 5) is 28.1. The maximum atomic E-state index is 12.1. The Morgan fingerprint density at radius 1 is 1.16 bits per heavy atom. The molecule has 13 heteroatoms. The van der Waals surface area contributed by atoms with Gasteiger partial charge in [0.05, 0.1) is 9.79 Å².